The average Bonchev–Trinajstić information content (AvgIpc) is 2.37. The Hall–Kier alpha value is -1.63. The monoisotopic (exact) mass is 301 g/mol. The van der Waals surface area contributed by atoms with E-state index >= 15 is 0 Å². The van der Waals surface area contributed by atoms with Crippen molar-refractivity contribution in [1.82, 2.24) is 4.90 Å². The number of likely N-dealkylation sites (tertiary alicyclic amines) is 1. The van der Waals surface area contributed by atoms with Gasteiger partial charge >= 0.3 is 12.1 Å². The molecule has 0 aliphatic carbocycles. The average molecular weight is 301 g/mol. The van der Waals surface area contributed by atoms with Crippen LogP contribution in [0.1, 0.15) is 40.0 Å². The molecule has 0 saturated carbocycles. The van der Waals surface area contributed by atoms with Gasteiger partial charge in [0.15, 0.2) is 0 Å². The van der Waals surface area contributed by atoms with Crippen LogP contribution in [0.5, 0.6) is 0 Å². The van der Waals surface area contributed by atoms with Crippen molar-refractivity contribution in [2.75, 3.05) is 13.7 Å². The summed E-state index contributed by atoms with van der Waals surface area (Å²) in [4.78, 5) is 37.2. The zero-order chi connectivity index (χ0) is 16.2. The number of hydrogen-bond donors (Lipinski definition) is 1. The van der Waals surface area contributed by atoms with Gasteiger partial charge in [-0.2, -0.15) is 0 Å². The largest absolute Gasteiger partial charge is 0.467 e. The van der Waals surface area contributed by atoms with E-state index in [0.717, 1.165) is 4.90 Å². The Kier molecular flexibility index (Phi) is 5.71. The summed E-state index contributed by atoms with van der Waals surface area (Å²) >= 11 is 0. The molecule has 21 heavy (non-hydrogen) atoms. The minimum atomic E-state index is -0.965. The quantitative estimate of drug-likeness (QED) is 0.784. The Bertz CT molecular complexity index is 414. The van der Waals surface area contributed by atoms with Crippen molar-refractivity contribution in [1.29, 1.82) is 0 Å². The fourth-order valence-electron chi connectivity index (χ4n) is 2.27. The number of piperidine rings is 1. The molecule has 0 aromatic heterocycles. The van der Waals surface area contributed by atoms with Crippen LogP contribution in [-0.2, 0) is 19.1 Å². The predicted octanol–water partition coefficient (Wildman–Crippen LogP) is 1.08. The van der Waals surface area contributed by atoms with Crippen molar-refractivity contribution in [3.8, 4) is 0 Å². The van der Waals surface area contributed by atoms with Crippen LogP contribution >= 0.6 is 0 Å². The summed E-state index contributed by atoms with van der Waals surface area (Å²) in [6.45, 7) is 4.88. The lowest BCUT2D eigenvalue weighted by atomic mass is 9.90. The minimum absolute atomic E-state index is 0.151. The minimum Gasteiger partial charge on any atom is -0.467 e. The number of nitrogens with zero attached hydrogens (tertiary/aromatic N) is 1. The van der Waals surface area contributed by atoms with E-state index in [4.69, 9.17) is 9.84 Å². The fourth-order valence-corrected chi connectivity index (χ4v) is 2.27. The lowest BCUT2D eigenvalue weighted by molar-refractivity contribution is -0.157. The lowest BCUT2D eigenvalue weighted by Gasteiger charge is -2.36. The Balaban J connectivity index is 2.99. The molecule has 0 bridgehead atoms. The SMILES string of the molecule is COC(=O)[C@@H]1CCC(CCO)C(=O)N1C(=O)OC(C)(C)C. The number of imide groups is 1. The van der Waals surface area contributed by atoms with Crippen molar-refractivity contribution in [3.05, 3.63) is 0 Å². The van der Waals surface area contributed by atoms with Gasteiger partial charge in [0.2, 0.25) is 5.91 Å². The summed E-state index contributed by atoms with van der Waals surface area (Å²) < 4.78 is 9.85. The summed E-state index contributed by atoms with van der Waals surface area (Å²) in [7, 11) is 1.21. The van der Waals surface area contributed by atoms with Crippen molar-refractivity contribution >= 4 is 18.0 Å². The van der Waals surface area contributed by atoms with Gasteiger partial charge in [0.05, 0.1) is 7.11 Å². The highest BCUT2D eigenvalue weighted by Crippen LogP contribution is 2.28. The van der Waals surface area contributed by atoms with E-state index in [2.05, 4.69) is 4.74 Å². The van der Waals surface area contributed by atoms with Crippen LogP contribution in [0.25, 0.3) is 0 Å². The number of methoxy groups -OCH3 is 1. The number of carbonyl (C=O) groups is 3. The molecule has 7 nitrogen and oxygen atoms in total. The summed E-state index contributed by atoms with van der Waals surface area (Å²) in [5.41, 5.74) is -0.776. The molecule has 1 saturated heterocycles. The second-order valence-corrected chi connectivity index (χ2v) is 6.01. The molecule has 1 aliphatic rings. The predicted molar refractivity (Wildman–Crippen MR) is 73.3 cm³/mol. The molecule has 0 radical (unpaired) electrons. The highest BCUT2D eigenvalue weighted by molar-refractivity contribution is 5.98. The number of esters is 1. The highest BCUT2D eigenvalue weighted by Gasteiger charge is 2.44. The molecule has 0 spiro atoms. The van der Waals surface area contributed by atoms with Crippen molar-refractivity contribution in [2.45, 2.75) is 51.7 Å². The smallest absolute Gasteiger partial charge is 0.417 e. The van der Waals surface area contributed by atoms with Crippen molar-refractivity contribution in [2.24, 2.45) is 5.92 Å². The molecule has 120 valence electrons. The van der Waals surface area contributed by atoms with Crippen molar-refractivity contribution < 1.29 is 29.0 Å². The Labute approximate surface area is 124 Å². The Morgan fingerprint density at radius 1 is 1.33 bits per heavy atom. The number of aliphatic hydroxyl groups is 1. The summed E-state index contributed by atoms with van der Waals surface area (Å²) in [6.07, 6.45) is 0.137. The Morgan fingerprint density at radius 2 is 1.95 bits per heavy atom. The first-order valence-electron chi connectivity index (χ1n) is 6.96. The van der Waals surface area contributed by atoms with Crippen LogP contribution in [0.4, 0.5) is 4.79 Å². The summed E-state index contributed by atoms with van der Waals surface area (Å²) in [5.74, 6) is -1.62. The number of amides is 2. The number of carbonyl (C=O) groups excluding carboxylic acids is 3. The number of aliphatic hydroxyl groups excluding tert-OH is 1. The van der Waals surface area contributed by atoms with Crippen LogP contribution in [0.3, 0.4) is 0 Å². The second kappa shape index (κ2) is 6.89. The molecule has 7 heteroatoms. The van der Waals surface area contributed by atoms with E-state index in [0.29, 0.717) is 12.8 Å². The lowest BCUT2D eigenvalue weighted by Crippen LogP contribution is -2.55. The molecule has 0 aromatic carbocycles. The van der Waals surface area contributed by atoms with E-state index in [1.807, 2.05) is 0 Å². The van der Waals surface area contributed by atoms with Crippen LogP contribution in [0.2, 0.25) is 0 Å². The third-order valence-electron chi connectivity index (χ3n) is 3.23. The van der Waals surface area contributed by atoms with Gasteiger partial charge in [-0.15, -0.1) is 0 Å². The molecule has 2 amide bonds. The maximum atomic E-state index is 12.4. The first kappa shape index (κ1) is 17.4. The molecule has 1 unspecified atom stereocenters. The first-order chi connectivity index (χ1) is 9.71. The van der Waals surface area contributed by atoms with Gasteiger partial charge in [0.25, 0.3) is 0 Å². The van der Waals surface area contributed by atoms with Crippen LogP contribution in [-0.4, -0.2) is 53.3 Å². The fraction of sp³-hybridized carbons (Fsp3) is 0.786. The molecule has 1 rings (SSSR count). The summed E-state index contributed by atoms with van der Waals surface area (Å²) in [6, 6.07) is -0.965. The zero-order valence-corrected chi connectivity index (χ0v) is 12.9. The van der Waals surface area contributed by atoms with E-state index in [1.165, 1.54) is 7.11 Å². The normalized spacial score (nSPS) is 22.9. The van der Waals surface area contributed by atoms with Gasteiger partial charge in [-0.05, 0) is 40.0 Å². The third kappa shape index (κ3) is 4.42. The van der Waals surface area contributed by atoms with E-state index in [-0.39, 0.29) is 13.0 Å². The third-order valence-corrected chi connectivity index (χ3v) is 3.23. The second-order valence-electron chi connectivity index (χ2n) is 6.01. The standard InChI is InChI=1S/C14H23NO6/c1-14(2,3)21-13(19)15-10(12(18)20-4)6-5-9(7-8-16)11(15)17/h9-10,16H,5-8H2,1-4H3/t9?,10-/m0/s1. The van der Waals surface area contributed by atoms with Gasteiger partial charge in [0, 0.05) is 12.5 Å². The maximum Gasteiger partial charge on any atom is 0.417 e. The molecule has 1 heterocycles. The van der Waals surface area contributed by atoms with E-state index in [1.54, 1.807) is 20.8 Å². The molecule has 1 fully saturated rings. The topological polar surface area (TPSA) is 93.1 Å². The highest BCUT2D eigenvalue weighted by atomic mass is 16.6. The number of ether oxygens (including phenoxy) is 2. The molecule has 1 N–H and O–H groups in total. The van der Waals surface area contributed by atoms with Gasteiger partial charge in [-0.25, -0.2) is 14.5 Å². The van der Waals surface area contributed by atoms with Crippen LogP contribution in [0, 0.1) is 5.92 Å². The van der Waals surface area contributed by atoms with Crippen LogP contribution < -0.4 is 0 Å². The van der Waals surface area contributed by atoms with Crippen LogP contribution in [0.15, 0.2) is 0 Å². The maximum absolute atomic E-state index is 12.4. The number of hydrogen-bond acceptors (Lipinski definition) is 6. The van der Waals surface area contributed by atoms with Gasteiger partial charge < -0.3 is 14.6 Å². The van der Waals surface area contributed by atoms with Gasteiger partial charge in [-0.3, -0.25) is 4.79 Å². The number of rotatable bonds is 3. The van der Waals surface area contributed by atoms with Crippen molar-refractivity contribution in [3.63, 3.8) is 0 Å². The molecular weight excluding hydrogens is 278 g/mol. The molecular formula is C14H23NO6. The van der Waals surface area contributed by atoms with E-state index in [9.17, 15) is 14.4 Å². The van der Waals surface area contributed by atoms with Gasteiger partial charge in [0.1, 0.15) is 11.6 Å². The molecule has 0 aromatic rings. The Morgan fingerprint density at radius 3 is 2.43 bits per heavy atom. The first-order valence-corrected chi connectivity index (χ1v) is 6.96. The van der Waals surface area contributed by atoms with E-state index < -0.39 is 35.5 Å². The zero-order valence-electron chi connectivity index (χ0n) is 12.9. The molecule has 1 aliphatic heterocycles. The van der Waals surface area contributed by atoms with Gasteiger partial charge in [-0.1, -0.05) is 0 Å². The summed E-state index contributed by atoms with van der Waals surface area (Å²) in [5, 5.41) is 8.99. The molecule has 2 atom stereocenters.